The van der Waals surface area contributed by atoms with E-state index in [1.54, 1.807) is 0 Å². The number of ether oxygens (including phenoxy) is 1. The normalized spacial score (nSPS) is 17.1. The highest BCUT2D eigenvalue weighted by molar-refractivity contribution is 9.10. The van der Waals surface area contributed by atoms with Crippen molar-refractivity contribution in [3.8, 4) is 5.75 Å². The topological polar surface area (TPSA) is 41.5 Å². The SMILES string of the molecule is CCNCc1cccc(Br)c1OCC(O)CC1CCCC1. The summed E-state index contributed by atoms with van der Waals surface area (Å²) in [6.07, 6.45) is 5.65. The van der Waals surface area contributed by atoms with Crippen LogP contribution in [0.3, 0.4) is 0 Å². The fourth-order valence-corrected chi connectivity index (χ4v) is 3.51. The molecular weight excluding hydrogens is 330 g/mol. The standard InChI is InChI=1S/C17H26BrNO2/c1-2-19-11-14-8-5-9-16(18)17(14)21-12-15(20)10-13-6-3-4-7-13/h5,8-9,13,15,19-20H,2-4,6-7,10-12H2,1H3. The first-order valence-electron chi connectivity index (χ1n) is 7.99. The van der Waals surface area contributed by atoms with Gasteiger partial charge in [0.1, 0.15) is 12.4 Å². The van der Waals surface area contributed by atoms with Crippen LogP contribution in [0.15, 0.2) is 22.7 Å². The molecule has 1 aliphatic rings. The van der Waals surface area contributed by atoms with Gasteiger partial charge < -0.3 is 15.2 Å². The zero-order valence-corrected chi connectivity index (χ0v) is 14.4. The van der Waals surface area contributed by atoms with E-state index in [9.17, 15) is 5.11 Å². The number of para-hydroxylation sites is 1. The first-order chi connectivity index (χ1) is 10.2. The highest BCUT2D eigenvalue weighted by Gasteiger charge is 2.19. The second kappa shape index (κ2) is 8.76. The lowest BCUT2D eigenvalue weighted by Gasteiger charge is -2.18. The largest absolute Gasteiger partial charge is 0.489 e. The number of hydrogen-bond acceptors (Lipinski definition) is 3. The summed E-state index contributed by atoms with van der Waals surface area (Å²) >= 11 is 3.54. The summed E-state index contributed by atoms with van der Waals surface area (Å²) in [5.41, 5.74) is 1.12. The minimum absolute atomic E-state index is 0.368. The van der Waals surface area contributed by atoms with Crippen LogP contribution in [0, 0.1) is 5.92 Å². The number of aliphatic hydroxyl groups excluding tert-OH is 1. The van der Waals surface area contributed by atoms with Gasteiger partial charge in [-0.05, 0) is 40.9 Å². The minimum atomic E-state index is -0.368. The molecule has 3 nitrogen and oxygen atoms in total. The molecule has 1 atom stereocenters. The molecule has 0 saturated heterocycles. The molecule has 1 fully saturated rings. The molecule has 1 aromatic carbocycles. The van der Waals surface area contributed by atoms with Gasteiger partial charge in [0.25, 0.3) is 0 Å². The van der Waals surface area contributed by atoms with Crippen LogP contribution in [0.5, 0.6) is 5.75 Å². The second-order valence-electron chi connectivity index (χ2n) is 5.86. The fourth-order valence-electron chi connectivity index (χ4n) is 2.99. The lowest BCUT2D eigenvalue weighted by Crippen LogP contribution is -2.21. The molecule has 0 heterocycles. The summed E-state index contributed by atoms with van der Waals surface area (Å²) in [5, 5.41) is 13.5. The number of rotatable bonds is 8. The highest BCUT2D eigenvalue weighted by Crippen LogP contribution is 2.31. The van der Waals surface area contributed by atoms with Crippen LogP contribution in [-0.2, 0) is 6.54 Å². The molecule has 4 heteroatoms. The molecule has 1 aromatic rings. The smallest absolute Gasteiger partial charge is 0.138 e. The van der Waals surface area contributed by atoms with Gasteiger partial charge in [0.2, 0.25) is 0 Å². The van der Waals surface area contributed by atoms with E-state index in [2.05, 4.69) is 34.2 Å². The minimum Gasteiger partial charge on any atom is -0.489 e. The van der Waals surface area contributed by atoms with Crippen LogP contribution >= 0.6 is 15.9 Å². The van der Waals surface area contributed by atoms with Gasteiger partial charge in [-0.3, -0.25) is 0 Å². The summed E-state index contributed by atoms with van der Waals surface area (Å²) in [7, 11) is 0. The number of aliphatic hydroxyl groups is 1. The predicted molar refractivity (Wildman–Crippen MR) is 89.6 cm³/mol. The van der Waals surface area contributed by atoms with Crippen LogP contribution in [0.25, 0.3) is 0 Å². The average molecular weight is 356 g/mol. The molecule has 0 spiro atoms. The van der Waals surface area contributed by atoms with Crippen LogP contribution in [-0.4, -0.2) is 24.4 Å². The monoisotopic (exact) mass is 355 g/mol. The summed E-state index contributed by atoms with van der Waals surface area (Å²) in [6.45, 7) is 4.17. The number of nitrogens with one attached hydrogen (secondary N) is 1. The van der Waals surface area contributed by atoms with Crippen molar-refractivity contribution in [1.82, 2.24) is 5.32 Å². The van der Waals surface area contributed by atoms with Crippen molar-refractivity contribution in [1.29, 1.82) is 0 Å². The number of halogens is 1. The van der Waals surface area contributed by atoms with Crippen molar-refractivity contribution in [2.45, 2.75) is 51.7 Å². The Hall–Kier alpha value is -0.580. The Morgan fingerprint density at radius 3 is 2.86 bits per heavy atom. The Kier molecular flexibility index (Phi) is 7.00. The van der Waals surface area contributed by atoms with Gasteiger partial charge >= 0.3 is 0 Å². The van der Waals surface area contributed by atoms with E-state index < -0.39 is 0 Å². The van der Waals surface area contributed by atoms with E-state index in [-0.39, 0.29) is 6.10 Å². The summed E-state index contributed by atoms with van der Waals surface area (Å²) in [5.74, 6) is 1.54. The fraction of sp³-hybridized carbons (Fsp3) is 0.647. The maximum atomic E-state index is 10.2. The zero-order chi connectivity index (χ0) is 15.1. The Morgan fingerprint density at radius 1 is 1.38 bits per heavy atom. The van der Waals surface area contributed by atoms with E-state index in [1.807, 2.05) is 12.1 Å². The summed E-state index contributed by atoms with van der Waals surface area (Å²) < 4.78 is 6.85. The molecule has 2 rings (SSSR count). The first kappa shape index (κ1) is 16.8. The Balaban J connectivity index is 1.88. The van der Waals surface area contributed by atoms with Crippen LogP contribution in [0.2, 0.25) is 0 Å². The Bertz CT molecular complexity index is 433. The van der Waals surface area contributed by atoms with Crippen molar-refractivity contribution in [2.75, 3.05) is 13.2 Å². The van der Waals surface area contributed by atoms with Crippen molar-refractivity contribution in [3.63, 3.8) is 0 Å². The molecule has 21 heavy (non-hydrogen) atoms. The number of benzene rings is 1. The van der Waals surface area contributed by atoms with E-state index in [4.69, 9.17) is 4.74 Å². The van der Waals surface area contributed by atoms with E-state index in [0.29, 0.717) is 12.5 Å². The van der Waals surface area contributed by atoms with Gasteiger partial charge in [0.15, 0.2) is 0 Å². The van der Waals surface area contributed by atoms with E-state index in [0.717, 1.165) is 35.3 Å². The van der Waals surface area contributed by atoms with Gasteiger partial charge in [-0.1, -0.05) is 44.7 Å². The van der Waals surface area contributed by atoms with Crippen molar-refractivity contribution < 1.29 is 9.84 Å². The third kappa shape index (κ3) is 5.28. The molecule has 118 valence electrons. The molecule has 0 amide bonds. The zero-order valence-electron chi connectivity index (χ0n) is 12.8. The number of hydrogen-bond donors (Lipinski definition) is 2. The van der Waals surface area contributed by atoms with Gasteiger partial charge in [-0.25, -0.2) is 0 Å². The quantitative estimate of drug-likeness (QED) is 0.743. The summed E-state index contributed by atoms with van der Waals surface area (Å²) in [4.78, 5) is 0. The van der Waals surface area contributed by atoms with Gasteiger partial charge in [0, 0.05) is 12.1 Å². The molecule has 0 bridgehead atoms. The molecule has 1 unspecified atom stereocenters. The lowest BCUT2D eigenvalue weighted by molar-refractivity contribution is 0.0847. The predicted octanol–water partition coefficient (Wildman–Crippen LogP) is 3.88. The molecule has 1 aliphatic carbocycles. The Labute approximate surface area is 136 Å². The molecule has 0 aliphatic heterocycles. The van der Waals surface area contributed by atoms with Crippen LogP contribution in [0.4, 0.5) is 0 Å². The van der Waals surface area contributed by atoms with Gasteiger partial charge in [-0.15, -0.1) is 0 Å². The molecule has 1 saturated carbocycles. The third-order valence-corrected chi connectivity index (χ3v) is 4.74. The maximum Gasteiger partial charge on any atom is 0.138 e. The third-order valence-electron chi connectivity index (χ3n) is 4.11. The van der Waals surface area contributed by atoms with Crippen molar-refractivity contribution in [2.24, 2.45) is 5.92 Å². The molecule has 0 radical (unpaired) electrons. The second-order valence-corrected chi connectivity index (χ2v) is 6.71. The molecule has 2 N–H and O–H groups in total. The van der Waals surface area contributed by atoms with Crippen molar-refractivity contribution >= 4 is 15.9 Å². The average Bonchev–Trinajstić information content (AvgIpc) is 2.97. The highest BCUT2D eigenvalue weighted by atomic mass is 79.9. The summed E-state index contributed by atoms with van der Waals surface area (Å²) in [6, 6.07) is 6.05. The lowest BCUT2D eigenvalue weighted by atomic mass is 10.0. The molecule has 0 aromatic heterocycles. The van der Waals surface area contributed by atoms with Crippen molar-refractivity contribution in [3.05, 3.63) is 28.2 Å². The maximum absolute atomic E-state index is 10.2. The first-order valence-corrected chi connectivity index (χ1v) is 8.79. The van der Waals surface area contributed by atoms with Crippen LogP contribution < -0.4 is 10.1 Å². The van der Waals surface area contributed by atoms with Gasteiger partial charge in [-0.2, -0.15) is 0 Å². The van der Waals surface area contributed by atoms with Gasteiger partial charge in [0.05, 0.1) is 10.6 Å². The Morgan fingerprint density at radius 2 is 2.14 bits per heavy atom. The van der Waals surface area contributed by atoms with E-state index >= 15 is 0 Å². The van der Waals surface area contributed by atoms with E-state index in [1.165, 1.54) is 25.7 Å². The van der Waals surface area contributed by atoms with Crippen LogP contribution in [0.1, 0.15) is 44.6 Å². The molecular formula is C17H26BrNO2.